The van der Waals surface area contributed by atoms with Gasteiger partial charge in [0.2, 0.25) is 35.4 Å². The Morgan fingerprint density at radius 1 is 0.470 bits per heavy atom. The first-order valence-corrected chi connectivity index (χ1v) is 28.5. The molecule has 4 N–H and O–H groups in total. The molecule has 21 nitrogen and oxygen atoms in total. The Morgan fingerprint density at radius 3 is 1.54 bits per heavy atom. The van der Waals surface area contributed by atoms with Crippen molar-refractivity contribution in [3.63, 3.8) is 0 Å². The summed E-state index contributed by atoms with van der Waals surface area (Å²) in [7, 11) is 0. The van der Waals surface area contributed by atoms with Crippen molar-refractivity contribution in [1.82, 2.24) is 49.6 Å². The SMILES string of the molecule is CCCOCCOCCCc1cnc2c(c1)c1ccccc1n2C1CCC(=O)NC1=O.O=C1CCC(n2c3cc(CCCOCCOCCO)ccc3c3cccnc32)C(=O)N1.O=C1CCC(n2c3ccncc3c3cccnc32)C(=O)N1. The first-order valence-electron chi connectivity index (χ1n) is 28.5. The number of piperidine rings is 3. The monoisotopic (exact) mass is 1130 g/mol. The summed E-state index contributed by atoms with van der Waals surface area (Å²) in [6.07, 6.45) is 15.8. The van der Waals surface area contributed by atoms with Crippen LogP contribution in [0.15, 0.2) is 110 Å². The van der Waals surface area contributed by atoms with Crippen LogP contribution in [0.2, 0.25) is 0 Å². The molecule has 0 saturated carbocycles. The Balaban J connectivity index is 0.000000142. The molecule has 6 amide bonds. The van der Waals surface area contributed by atoms with Gasteiger partial charge in [-0.2, -0.15) is 0 Å². The minimum atomic E-state index is -0.454. The van der Waals surface area contributed by atoms with Gasteiger partial charge in [-0.1, -0.05) is 37.3 Å². The number of aliphatic hydroxyl groups is 1. The predicted molar refractivity (Wildman–Crippen MR) is 311 cm³/mol. The van der Waals surface area contributed by atoms with Crippen LogP contribution in [0.5, 0.6) is 0 Å². The summed E-state index contributed by atoms with van der Waals surface area (Å²) in [6.45, 7) is 6.78. The number of aryl methyl sites for hydroxylation is 2. The van der Waals surface area contributed by atoms with Gasteiger partial charge in [-0.15, -0.1) is 0 Å². The van der Waals surface area contributed by atoms with Gasteiger partial charge >= 0.3 is 0 Å². The third-order valence-electron chi connectivity index (χ3n) is 15.0. The van der Waals surface area contributed by atoms with Gasteiger partial charge in [0.25, 0.3) is 0 Å². The maximum Gasteiger partial charge on any atom is 0.249 e. The number of nitrogens with zero attached hydrogens (tertiary/aromatic N) is 7. The molecule has 3 saturated heterocycles. The van der Waals surface area contributed by atoms with E-state index in [2.05, 4.69) is 68.2 Å². The number of hydrogen-bond donors (Lipinski definition) is 4. The van der Waals surface area contributed by atoms with E-state index < -0.39 is 18.1 Å². The van der Waals surface area contributed by atoms with E-state index in [1.807, 2.05) is 68.4 Å². The van der Waals surface area contributed by atoms with Crippen LogP contribution < -0.4 is 16.0 Å². The van der Waals surface area contributed by atoms with Crippen molar-refractivity contribution in [2.45, 2.75) is 95.7 Å². The molecule has 3 aliphatic heterocycles. The highest BCUT2D eigenvalue weighted by Crippen LogP contribution is 2.37. The van der Waals surface area contributed by atoms with Gasteiger partial charge in [-0.3, -0.25) is 49.7 Å². The number of carbonyl (C=O) groups is 6. The van der Waals surface area contributed by atoms with Crippen LogP contribution >= 0.6 is 0 Å². The number of benzene rings is 2. The lowest BCUT2D eigenvalue weighted by atomic mass is 10.0. The molecular formula is C62H68N10O11. The van der Waals surface area contributed by atoms with Crippen LogP contribution in [0, 0.1) is 0 Å². The van der Waals surface area contributed by atoms with Crippen molar-refractivity contribution in [3.05, 3.63) is 121 Å². The Morgan fingerprint density at radius 2 is 0.964 bits per heavy atom. The van der Waals surface area contributed by atoms with Gasteiger partial charge in [0.15, 0.2) is 0 Å². The van der Waals surface area contributed by atoms with E-state index in [1.165, 1.54) is 0 Å². The summed E-state index contributed by atoms with van der Waals surface area (Å²) in [5.41, 5.74) is 7.42. The quantitative estimate of drug-likeness (QED) is 0.0409. The Kier molecular flexibility index (Phi) is 19.3. The number of ether oxygens (including phenoxy) is 4. The number of imide groups is 3. The molecule has 3 fully saturated rings. The number of aliphatic hydroxyl groups excluding tert-OH is 1. The molecule has 10 heterocycles. The molecule has 3 atom stereocenters. The summed E-state index contributed by atoms with van der Waals surface area (Å²) in [6, 6.07) is 24.8. The van der Waals surface area contributed by atoms with E-state index in [0.717, 1.165) is 116 Å². The van der Waals surface area contributed by atoms with Crippen LogP contribution in [0.4, 0.5) is 0 Å². The zero-order valence-corrected chi connectivity index (χ0v) is 46.4. The normalized spacial score (nSPS) is 17.4. The van der Waals surface area contributed by atoms with Gasteiger partial charge in [0.1, 0.15) is 35.1 Å². The van der Waals surface area contributed by atoms with Gasteiger partial charge < -0.3 is 37.8 Å². The molecule has 83 heavy (non-hydrogen) atoms. The molecule has 12 rings (SSSR count). The molecular weight excluding hydrogens is 1060 g/mol. The number of pyridine rings is 4. The lowest BCUT2D eigenvalue weighted by Gasteiger charge is -2.23. The molecule has 2 aromatic carbocycles. The third-order valence-corrected chi connectivity index (χ3v) is 15.0. The van der Waals surface area contributed by atoms with Gasteiger partial charge in [-0.25, -0.2) is 15.0 Å². The lowest BCUT2D eigenvalue weighted by Crippen LogP contribution is -2.41. The number of aromatic nitrogens is 7. The number of fused-ring (bicyclic) bond motifs is 9. The predicted octanol–water partition coefficient (Wildman–Crippen LogP) is 7.23. The van der Waals surface area contributed by atoms with Crippen LogP contribution in [-0.2, 0) is 60.6 Å². The fourth-order valence-electron chi connectivity index (χ4n) is 11.2. The second-order valence-electron chi connectivity index (χ2n) is 20.6. The topological polar surface area (TPSA) is 262 Å². The maximum absolute atomic E-state index is 12.6. The van der Waals surface area contributed by atoms with E-state index in [0.29, 0.717) is 84.8 Å². The van der Waals surface area contributed by atoms with E-state index in [1.54, 1.807) is 24.8 Å². The van der Waals surface area contributed by atoms with Gasteiger partial charge in [0, 0.05) is 102 Å². The Bertz CT molecular complexity index is 3760. The second kappa shape index (κ2) is 27.6. The average Bonchev–Trinajstić information content (AvgIpc) is 3.49. The van der Waals surface area contributed by atoms with Crippen LogP contribution in [-0.4, -0.2) is 134 Å². The van der Waals surface area contributed by atoms with Crippen LogP contribution in [0.1, 0.15) is 94.0 Å². The number of rotatable bonds is 21. The first-order chi connectivity index (χ1) is 40.6. The van der Waals surface area contributed by atoms with E-state index in [4.69, 9.17) is 29.0 Å². The molecule has 21 heteroatoms. The first kappa shape index (κ1) is 57.9. The fraction of sp³-hybridized carbons (Fsp3) is 0.387. The number of para-hydroxylation sites is 1. The molecule has 9 aromatic rings. The second-order valence-corrected chi connectivity index (χ2v) is 20.6. The Labute approximate surface area is 478 Å². The van der Waals surface area contributed by atoms with Crippen LogP contribution in [0.3, 0.4) is 0 Å². The largest absolute Gasteiger partial charge is 0.394 e. The number of carbonyl (C=O) groups excluding carboxylic acids is 6. The fourth-order valence-corrected chi connectivity index (χ4v) is 11.2. The summed E-state index contributed by atoms with van der Waals surface area (Å²) >= 11 is 0. The lowest BCUT2D eigenvalue weighted by molar-refractivity contribution is -0.137. The molecule has 432 valence electrons. The summed E-state index contributed by atoms with van der Waals surface area (Å²) in [5, 5.41) is 22.1. The van der Waals surface area contributed by atoms with E-state index >= 15 is 0 Å². The highest BCUT2D eigenvalue weighted by Gasteiger charge is 2.33. The Hall–Kier alpha value is -8.34. The van der Waals surface area contributed by atoms with Gasteiger partial charge in [-0.05, 0) is 111 Å². The van der Waals surface area contributed by atoms with Gasteiger partial charge in [0.05, 0.1) is 56.2 Å². The minimum absolute atomic E-state index is 0.0214. The average molecular weight is 1130 g/mol. The molecule has 0 aliphatic carbocycles. The van der Waals surface area contributed by atoms with E-state index in [9.17, 15) is 28.8 Å². The minimum Gasteiger partial charge on any atom is -0.394 e. The zero-order chi connectivity index (χ0) is 57.7. The maximum atomic E-state index is 12.6. The highest BCUT2D eigenvalue weighted by molar-refractivity contribution is 6.11. The molecule has 0 radical (unpaired) electrons. The van der Waals surface area contributed by atoms with Crippen molar-refractivity contribution >= 4 is 101 Å². The van der Waals surface area contributed by atoms with Crippen molar-refractivity contribution in [2.75, 3.05) is 59.5 Å². The molecule has 3 aliphatic rings. The summed E-state index contributed by atoms with van der Waals surface area (Å²) < 4.78 is 27.7. The zero-order valence-electron chi connectivity index (χ0n) is 46.4. The molecule has 3 unspecified atom stereocenters. The van der Waals surface area contributed by atoms with Crippen molar-refractivity contribution < 1.29 is 52.8 Å². The standard InChI is InChI=1S/C24H29N3O4.C23H27N3O5.C15H12N4O2/c1-2-11-30-13-14-31-12-5-6-17-15-19-18-7-3-4-8-20(18)27(23(19)25-16-17)21-9-10-22(28)26-24(21)29;27-10-12-31-14-13-30-11-2-3-16-5-6-17-18-4-1-9-24-22(18)26(20(17)15-16)19-7-8-21(28)25-23(19)29;20-13-4-3-12(15(21)18-13)19-11-5-7-16-8-10(11)9-2-1-6-17-14(9)19/h3-4,7-8,15-16,21H,2,5-6,9-14H2,1H3,(H,26,28,29);1,4-6,9,15,19,27H,2-3,7-8,10-14H2,(H,25,28,29);1-2,5-8,12H,3-4H2,(H,18,20,21). The molecule has 0 bridgehead atoms. The van der Waals surface area contributed by atoms with Crippen LogP contribution in [0.25, 0.3) is 65.8 Å². The number of hydrogen-bond acceptors (Lipinski definition) is 15. The third kappa shape index (κ3) is 13.3. The van der Waals surface area contributed by atoms with Crippen molar-refractivity contribution in [1.29, 1.82) is 0 Å². The van der Waals surface area contributed by atoms with E-state index in [-0.39, 0.29) is 42.0 Å². The van der Waals surface area contributed by atoms with Crippen molar-refractivity contribution in [2.24, 2.45) is 0 Å². The molecule has 0 spiro atoms. The summed E-state index contributed by atoms with van der Waals surface area (Å²) in [5.74, 6) is -1.46. The molecule has 7 aromatic heterocycles. The number of amides is 6. The highest BCUT2D eigenvalue weighted by atomic mass is 16.5. The van der Waals surface area contributed by atoms with Crippen molar-refractivity contribution in [3.8, 4) is 0 Å². The number of nitrogens with one attached hydrogen (secondary N) is 3. The summed E-state index contributed by atoms with van der Waals surface area (Å²) in [4.78, 5) is 89.8. The smallest absolute Gasteiger partial charge is 0.249 e.